The Balaban J connectivity index is 1.20. The van der Waals surface area contributed by atoms with Crippen LogP contribution in [0.2, 0.25) is 5.11 Å². The molecule has 1 heterocycles. The molecule has 2 nitrogen and oxygen atoms in total. The van der Waals surface area contributed by atoms with Gasteiger partial charge in [0.05, 0.1) is 34.6 Å². The highest BCUT2D eigenvalue weighted by Gasteiger charge is 2.38. The van der Waals surface area contributed by atoms with E-state index in [0.717, 1.165) is 22.5 Å². The molecule has 10 rings (SSSR count). The normalized spacial score (nSPS) is 12.0. The molecule has 1 aromatic heterocycles. The van der Waals surface area contributed by atoms with Crippen LogP contribution in [0.15, 0.2) is 152 Å². The summed E-state index contributed by atoms with van der Waals surface area (Å²) in [5.41, 5.74) is 26.5. The van der Waals surface area contributed by atoms with Crippen molar-refractivity contribution in [1.82, 2.24) is 9.55 Å². The van der Waals surface area contributed by atoms with Crippen LogP contribution < -0.4 is 43.7 Å². The van der Waals surface area contributed by atoms with Gasteiger partial charge in [-0.1, -0.05) is 131 Å². The van der Waals surface area contributed by atoms with Crippen LogP contribution in [-0.2, 0) is 5.21 Å². The number of benzene rings is 9. The van der Waals surface area contributed by atoms with E-state index in [9.17, 15) is 0 Å². The van der Waals surface area contributed by atoms with Crippen molar-refractivity contribution in [2.24, 2.45) is 0 Å². The summed E-state index contributed by atoms with van der Waals surface area (Å²) in [7, 11) is 30.3. The fourth-order valence-electron chi connectivity index (χ4n) is 10.7. The second-order valence-electron chi connectivity index (χ2n) is 21.0. The minimum atomic E-state index is -0.174. The molecule has 9 aromatic carbocycles. The lowest BCUT2D eigenvalue weighted by atomic mass is 9.23. The van der Waals surface area contributed by atoms with Crippen molar-refractivity contribution in [2.75, 3.05) is 0 Å². The molecule has 0 fully saturated rings. The molecule has 312 valence electrons. The average Bonchev–Trinajstić information content (AvgIpc) is 3.76. The van der Waals surface area contributed by atoms with E-state index in [2.05, 4.69) is 258 Å². The van der Waals surface area contributed by atoms with Gasteiger partial charge in [-0.05, 0) is 125 Å². The zero-order valence-electron chi connectivity index (χ0n) is 42.3. The summed E-state index contributed by atoms with van der Waals surface area (Å²) in [5.74, 6) is 1.08. The summed E-state index contributed by atoms with van der Waals surface area (Å²) in [6, 6.07) is 56.1. The number of hydrogen-bond donors (Lipinski definition) is 0. The van der Waals surface area contributed by atoms with E-state index in [0.29, 0.717) is 0 Å². The van der Waals surface area contributed by atoms with Gasteiger partial charge < -0.3 is 0 Å². The second-order valence-corrected chi connectivity index (χ2v) is 21.0. The molecule has 0 amide bonds. The SMILES string of the molecule is Bc1c(B)c(B)c2c(-c3cc(-c4ccccc4)cc(-c4ccccc4)c3)c3c(B)c(B)c(B)c(B)c3c(-c3ccc(-c4ccc(-n5c(C(B)(B)C(B)(B)B)nc6ccccc65)cc4)cc3)c2c1B. The number of nitrogens with zero attached hydrogens (tertiary/aromatic N) is 2. The van der Waals surface area contributed by atoms with Crippen LogP contribution in [0.1, 0.15) is 5.82 Å². The third-order valence-electron chi connectivity index (χ3n) is 16.4. The van der Waals surface area contributed by atoms with Crippen molar-refractivity contribution in [3.8, 4) is 61.3 Å². The molecular formula is C53H51B13N2. The van der Waals surface area contributed by atoms with E-state index in [1.54, 1.807) is 0 Å². The van der Waals surface area contributed by atoms with Gasteiger partial charge in [-0.25, -0.2) is 4.98 Å². The van der Waals surface area contributed by atoms with Crippen LogP contribution in [0.4, 0.5) is 0 Å². The first-order valence-electron chi connectivity index (χ1n) is 24.4. The summed E-state index contributed by atoms with van der Waals surface area (Å²) < 4.78 is 2.37. The molecule has 0 radical (unpaired) electrons. The molecule has 0 saturated heterocycles. The second kappa shape index (κ2) is 17.1. The minimum Gasteiger partial charge on any atom is -0.297 e. The Morgan fingerprint density at radius 1 is 0.338 bits per heavy atom. The van der Waals surface area contributed by atoms with E-state index in [4.69, 9.17) is 4.98 Å². The molecule has 68 heavy (non-hydrogen) atoms. The molecule has 0 aliphatic carbocycles. The van der Waals surface area contributed by atoms with Gasteiger partial charge in [-0.15, -0.1) is 27.0 Å². The average molecular weight is 857 g/mol. The number of para-hydroxylation sites is 2. The predicted octanol–water partition coefficient (Wildman–Crippen LogP) is -4.87. The summed E-state index contributed by atoms with van der Waals surface area (Å²) in [6.45, 7) is 0. The number of rotatable bonds is 8. The van der Waals surface area contributed by atoms with Crippen molar-refractivity contribution in [1.29, 1.82) is 0 Å². The fraction of sp³-hybridized carbons (Fsp3) is 0.0377. The smallest absolute Gasteiger partial charge is 0.139 e. The van der Waals surface area contributed by atoms with Crippen molar-refractivity contribution < 1.29 is 0 Å². The highest BCUT2D eigenvalue weighted by Crippen LogP contribution is 2.44. The third-order valence-corrected chi connectivity index (χ3v) is 16.4. The molecule has 0 spiro atoms. The Bertz CT molecular complexity index is 3500. The zero-order valence-corrected chi connectivity index (χ0v) is 42.3. The van der Waals surface area contributed by atoms with E-state index >= 15 is 0 Å². The molecule has 0 aliphatic rings. The van der Waals surface area contributed by atoms with Crippen molar-refractivity contribution in [2.45, 2.75) is 10.3 Å². The van der Waals surface area contributed by atoms with Gasteiger partial charge >= 0.3 is 0 Å². The van der Waals surface area contributed by atoms with E-state index in [1.165, 1.54) is 121 Å². The summed E-state index contributed by atoms with van der Waals surface area (Å²) in [6.07, 6.45) is 0. The Labute approximate surface area is 414 Å². The van der Waals surface area contributed by atoms with E-state index in [-0.39, 0.29) is 10.3 Å². The molecule has 0 aliphatic heterocycles. The lowest BCUT2D eigenvalue weighted by Crippen LogP contribution is -2.50. The van der Waals surface area contributed by atoms with Crippen molar-refractivity contribution in [3.63, 3.8) is 0 Å². The summed E-state index contributed by atoms with van der Waals surface area (Å²) in [5, 5.41) is 5.24. The van der Waals surface area contributed by atoms with E-state index < -0.39 is 0 Å². The van der Waals surface area contributed by atoms with Gasteiger partial charge in [0.25, 0.3) is 0 Å². The van der Waals surface area contributed by atoms with Crippen LogP contribution >= 0.6 is 0 Å². The monoisotopic (exact) mass is 859 g/mol. The lowest BCUT2D eigenvalue weighted by Gasteiger charge is -2.39. The minimum absolute atomic E-state index is 0.00759. The van der Waals surface area contributed by atoms with Gasteiger partial charge in [0.1, 0.15) is 84.3 Å². The summed E-state index contributed by atoms with van der Waals surface area (Å²) in [4.78, 5) is 5.25. The first kappa shape index (κ1) is 45.6. The molecular weight excluding hydrogens is 805 g/mol. The number of fused-ring (bicyclic) bond motifs is 3. The molecule has 0 atom stereocenters. The van der Waals surface area contributed by atoms with Crippen molar-refractivity contribution >= 4 is 178 Å². The standard InChI is InChI=1S/C53H51B13N2/c54-43-39-37(30-17-15-28(16-18-30)29-19-21-34(22-20-29)68-36-14-8-7-13-35(36)67-51(68)52(62,63)53(64,65)66)40-42(46(57)50(61)48(59)44(40)55)38(41(39)45(56)49(60)47(43)58)33-24-31(26-9-3-1-4-10-26)23-32(25-33)27-11-5-2-6-12-27/h1-25H,54-66H2. The van der Waals surface area contributed by atoms with Crippen LogP contribution in [0, 0.1) is 0 Å². The molecule has 10 aromatic rings. The first-order valence-corrected chi connectivity index (χ1v) is 24.4. The van der Waals surface area contributed by atoms with Crippen molar-refractivity contribution in [3.05, 3.63) is 157 Å². The van der Waals surface area contributed by atoms with Crippen LogP contribution in [0.25, 0.3) is 93.9 Å². The maximum absolute atomic E-state index is 5.25. The molecule has 0 saturated carbocycles. The largest absolute Gasteiger partial charge is 0.297 e. The highest BCUT2D eigenvalue weighted by atomic mass is 15.1. The Hall–Kier alpha value is -6.19. The predicted molar refractivity (Wildman–Crippen MR) is 336 cm³/mol. The molecule has 0 unspecified atom stereocenters. The van der Waals surface area contributed by atoms with E-state index in [1.807, 2.05) is 0 Å². The third kappa shape index (κ3) is 7.35. The number of aromatic nitrogens is 2. The topological polar surface area (TPSA) is 17.8 Å². The molecule has 0 bridgehead atoms. The Morgan fingerprint density at radius 3 is 1.13 bits per heavy atom. The van der Waals surface area contributed by atoms with Crippen LogP contribution in [0.5, 0.6) is 0 Å². The van der Waals surface area contributed by atoms with Gasteiger partial charge in [0, 0.05) is 5.69 Å². The number of imidazole rings is 1. The zero-order chi connectivity index (χ0) is 48.0. The maximum atomic E-state index is 5.25. The summed E-state index contributed by atoms with van der Waals surface area (Å²) >= 11 is 0. The quantitative estimate of drug-likeness (QED) is 0.111. The Morgan fingerprint density at radius 2 is 0.691 bits per heavy atom. The van der Waals surface area contributed by atoms with Gasteiger partial charge in [0.15, 0.2) is 0 Å². The molecule has 15 heteroatoms. The molecule has 0 N–H and O–H groups in total. The van der Waals surface area contributed by atoms with Gasteiger partial charge in [0.2, 0.25) is 0 Å². The lowest BCUT2D eigenvalue weighted by molar-refractivity contribution is 0.757. The number of hydrogen-bond acceptors (Lipinski definition) is 1. The highest BCUT2D eigenvalue weighted by molar-refractivity contribution is 6.71. The van der Waals surface area contributed by atoms with Crippen LogP contribution in [0.3, 0.4) is 0 Å². The van der Waals surface area contributed by atoms with Crippen LogP contribution in [-0.4, -0.2) is 112 Å². The maximum Gasteiger partial charge on any atom is 0.139 e. The van der Waals surface area contributed by atoms with Gasteiger partial charge in [-0.2, -0.15) is 0 Å². The first-order chi connectivity index (χ1) is 32.5. The fourth-order valence-corrected chi connectivity index (χ4v) is 10.7. The Kier molecular flexibility index (Phi) is 11.5. The van der Waals surface area contributed by atoms with Gasteiger partial charge in [-0.3, -0.25) is 4.57 Å².